The van der Waals surface area contributed by atoms with E-state index in [0.717, 1.165) is 32.2 Å². The molecular formula is C16H34N2O. The Hall–Kier alpha value is -0.120. The molecular weight excluding hydrogens is 236 g/mol. The van der Waals surface area contributed by atoms with E-state index >= 15 is 0 Å². The lowest BCUT2D eigenvalue weighted by Crippen LogP contribution is -2.37. The van der Waals surface area contributed by atoms with Crippen molar-refractivity contribution >= 4 is 0 Å². The largest absolute Gasteiger partial charge is 0.379 e. The summed E-state index contributed by atoms with van der Waals surface area (Å²) in [6, 6.07) is 0.827. The molecule has 3 nitrogen and oxygen atoms in total. The Kier molecular flexibility index (Phi) is 9.48. The molecule has 3 heteroatoms. The minimum Gasteiger partial charge on any atom is -0.379 e. The topological polar surface area (TPSA) is 24.5 Å². The summed E-state index contributed by atoms with van der Waals surface area (Å²) in [7, 11) is 2.29. The molecule has 1 rings (SSSR count). The van der Waals surface area contributed by atoms with Crippen molar-refractivity contribution in [1.82, 2.24) is 10.2 Å². The second kappa shape index (κ2) is 10.6. The Bertz CT molecular complexity index is 201. The average molecular weight is 270 g/mol. The van der Waals surface area contributed by atoms with Crippen molar-refractivity contribution < 1.29 is 4.74 Å². The fourth-order valence-corrected chi connectivity index (χ4v) is 2.78. The lowest BCUT2D eigenvalue weighted by Gasteiger charge is -2.27. The molecule has 0 unspecified atom stereocenters. The molecule has 1 fully saturated rings. The van der Waals surface area contributed by atoms with Gasteiger partial charge in [0.1, 0.15) is 0 Å². The van der Waals surface area contributed by atoms with Gasteiger partial charge in [0.05, 0.1) is 6.10 Å². The monoisotopic (exact) mass is 270 g/mol. The summed E-state index contributed by atoms with van der Waals surface area (Å²) in [5.74, 6) is 0. The molecule has 0 amide bonds. The van der Waals surface area contributed by atoms with Crippen LogP contribution in [0.5, 0.6) is 0 Å². The maximum absolute atomic E-state index is 5.53. The van der Waals surface area contributed by atoms with Crippen LogP contribution in [-0.4, -0.2) is 50.3 Å². The summed E-state index contributed by atoms with van der Waals surface area (Å²) in [6.07, 6.45) is 10.0. The van der Waals surface area contributed by atoms with Crippen molar-refractivity contribution in [1.29, 1.82) is 0 Å². The van der Waals surface area contributed by atoms with E-state index in [4.69, 9.17) is 4.74 Å². The van der Waals surface area contributed by atoms with E-state index < -0.39 is 0 Å². The molecule has 1 N–H and O–H groups in total. The number of ether oxygens (including phenoxy) is 1. The summed E-state index contributed by atoms with van der Waals surface area (Å²) in [6.45, 7) is 8.42. The van der Waals surface area contributed by atoms with Crippen LogP contribution in [0.4, 0.5) is 0 Å². The zero-order chi connectivity index (χ0) is 13.9. The van der Waals surface area contributed by atoms with E-state index in [9.17, 15) is 0 Å². The first-order chi connectivity index (χ1) is 9.20. The molecule has 0 radical (unpaired) electrons. The molecule has 0 aliphatic heterocycles. The number of likely N-dealkylation sites (N-methyl/N-ethyl adjacent to an activating group) is 1. The van der Waals surface area contributed by atoms with E-state index in [0.29, 0.717) is 6.10 Å². The number of nitrogens with one attached hydrogen (secondary N) is 1. The molecule has 1 saturated carbocycles. The average Bonchev–Trinajstić information content (AvgIpc) is 2.66. The molecule has 0 aromatic rings. The third-order valence-corrected chi connectivity index (χ3v) is 4.04. The zero-order valence-electron chi connectivity index (χ0n) is 13.3. The molecule has 19 heavy (non-hydrogen) atoms. The van der Waals surface area contributed by atoms with Gasteiger partial charge in [0, 0.05) is 25.7 Å². The molecule has 0 aromatic heterocycles. The van der Waals surface area contributed by atoms with Crippen molar-refractivity contribution in [3.63, 3.8) is 0 Å². The highest BCUT2D eigenvalue weighted by atomic mass is 16.5. The lowest BCUT2D eigenvalue weighted by molar-refractivity contribution is 0.0769. The first-order valence-corrected chi connectivity index (χ1v) is 8.22. The summed E-state index contributed by atoms with van der Waals surface area (Å²) in [5.41, 5.74) is 0. The molecule has 0 aromatic carbocycles. The summed E-state index contributed by atoms with van der Waals surface area (Å²) in [4.78, 5) is 2.56. The first-order valence-electron chi connectivity index (χ1n) is 8.22. The van der Waals surface area contributed by atoms with Gasteiger partial charge in [-0.25, -0.2) is 0 Å². The summed E-state index contributed by atoms with van der Waals surface area (Å²) in [5, 5.41) is 3.52. The molecule has 0 saturated heterocycles. The normalized spacial score (nSPS) is 18.2. The third-order valence-electron chi connectivity index (χ3n) is 4.04. The SMILES string of the molecule is CC(C)OCCCNCCN(C)C1CCCCCC1. The van der Waals surface area contributed by atoms with Gasteiger partial charge in [-0.2, -0.15) is 0 Å². The van der Waals surface area contributed by atoms with Crippen LogP contribution in [-0.2, 0) is 4.74 Å². The van der Waals surface area contributed by atoms with E-state index in [1.807, 2.05) is 0 Å². The predicted octanol–water partition coefficient (Wildman–Crippen LogP) is 3.05. The summed E-state index contributed by atoms with van der Waals surface area (Å²) >= 11 is 0. The van der Waals surface area contributed by atoms with Crippen LogP contribution in [0.25, 0.3) is 0 Å². The highest BCUT2D eigenvalue weighted by molar-refractivity contribution is 4.72. The Labute approximate surface area is 120 Å². The van der Waals surface area contributed by atoms with Gasteiger partial charge in [0.25, 0.3) is 0 Å². The number of rotatable bonds is 9. The van der Waals surface area contributed by atoms with Gasteiger partial charge in [-0.05, 0) is 46.7 Å². The second-order valence-electron chi connectivity index (χ2n) is 6.15. The highest BCUT2D eigenvalue weighted by Crippen LogP contribution is 2.20. The van der Waals surface area contributed by atoms with E-state index in [1.54, 1.807) is 0 Å². The Morgan fingerprint density at radius 2 is 1.79 bits per heavy atom. The minimum absolute atomic E-state index is 0.362. The maximum Gasteiger partial charge on any atom is 0.0518 e. The number of hydrogen-bond acceptors (Lipinski definition) is 3. The van der Waals surface area contributed by atoms with Gasteiger partial charge in [-0.3, -0.25) is 0 Å². The Morgan fingerprint density at radius 1 is 1.11 bits per heavy atom. The first kappa shape index (κ1) is 16.9. The van der Waals surface area contributed by atoms with Gasteiger partial charge in [0.2, 0.25) is 0 Å². The molecule has 0 spiro atoms. The Morgan fingerprint density at radius 3 is 2.42 bits per heavy atom. The van der Waals surface area contributed by atoms with Gasteiger partial charge in [0.15, 0.2) is 0 Å². The second-order valence-corrected chi connectivity index (χ2v) is 6.15. The zero-order valence-corrected chi connectivity index (χ0v) is 13.3. The molecule has 0 bridgehead atoms. The lowest BCUT2D eigenvalue weighted by atomic mass is 10.1. The van der Waals surface area contributed by atoms with Gasteiger partial charge >= 0.3 is 0 Å². The van der Waals surface area contributed by atoms with Crippen molar-refractivity contribution in [2.75, 3.05) is 33.3 Å². The Balaban J connectivity index is 1.95. The fraction of sp³-hybridized carbons (Fsp3) is 1.00. The van der Waals surface area contributed by atoms with Crippen LogP contribution in [0.2, 0.25) is 0 Å². The van der Waals surface area contributed by atoms with Gasteiger partial charge in [-0.15, -0.1) is 0 Å². The molecule has 1 aliphatic carbocycles. The highest BCUT2D eigenvalue weighted by Gasteiger charge is 2.15. The fourth-order valence-electron chi connectivity index (χ4n) is 2.78. The van der Waals surface area contributed by atoms with Crippen LogP contribution < -0.4 is 5.32 Å². The van der Waals surface area contributed by atoms with E-state index in [-0.39, 0.29) is 0 Å². The standard InChI is InChI=1S/C16H34N2O/c1-15(2)19-14-8-11-17-12-13-18(3)16-9-6-4-5-7-10-16/h15-17H,4-14H2,1-3H3. The molecule has 0 atom stereocenters. The van der Waals surface area contributed by atoms with Crippen LogP contribution in [0.3, 0.4) is 0 Å². The molecule has 0 heterocycles. The van der Waals surface area contributed by atoms with E-state index in [2.05, 4.69) is 31.1 Å². The van der Waals surface area contributed by atoms with Crippen LogP contribution in [0.15, 0.2) is 0 Å². The predicted molar refractivity (Wildman–Crippen MR) is 82.7 cm³/mol. The van der Waals surface area contributed by atoms with Crippen LogP contribution in [0.1, 0.15) is 58.8 Å². The van der Waals surface area contributed by atoms with Crippen molar-refractivity contribution in [3.05, 3.63) is 0 Å². The van der Waals surface area contributed by atoms with Gasteiger partial charge in [-0.1, -0.05) is 25.7 Å². The quantitative estimate of drug-likeness (QED) is 0.515. The van der Waals surface area contributed by atoms with Crippen LogP contribution in [0, 0.1) is 0 Å². The molecule has 1 aliphatic rings. The number of nitrogens with zero attached hydrogens (tertiary/aromatic N) is 1. The van der Waals surface area contributed by atoms with Crippen molar-refractivity contribution in [3.8, 4) is 0 Å². The van der Waals surface area contributed by atoms with Crippen molar-refractivity contribution in [2.24, 2.45) is 0 Å². The third kappa shape index (κ3) is 8.61. The number of hydrogen-bond donors (Lipinski definition) is 1. The minimum atomic E-state index is 0.362. The smallest absolute Gasteiger partial charge is 0.0518 e. The van der Waals surface area contributed by atoms with Crippen LogP contribution >= 0.6 is 0 Å². The van der Waals surface area contributed by atoms with E-state index in [1.165, 1.54) is 45.1 Å². The van der Waals surface area contributed by atoms with Gasteiger partial charge < -0.3 is 15.0 Å². The van der Waals surface area contributed by atoms with Crippen molar-refractivity contribution in [2.45, 2.75) is 70.9 Å². The summed E-state index contributed by atoms with van der Waals surface area (Å²) < 4.78 is 5.53. The maximum atomic E-state index is 5.53. The molecule has 114 valence electrons.